The van der Waals surface area contributed by atoms with Gasteiger partial charge in [0.25, 0.3) is 5.56 Å². The monoisotopic (exact) mass is 343 g/mol. The molecule has 1 aliphatic rings. The van der Waals surface area contributed by atoms with Crippen molar-refractivity contribution in [1.82, 2.24) is 9.78 Å². The van der Waals surface area contributed by atoms with E-state index in [1.54, 1.807) is 0 Å². The van der Waals surface area contributed by atoms with E-state index in [-0.39, 0.29) is 5.56 Å². The fraction of sp³-hybridized carbons (Fsp3) is 0.429. The maximum absolute atomic E-state index is 12.4. The van der Waals surface area contributed by atoms with Crippen molar-refractivity contribution in [2.45, 2.75) is 32.4 Å². The number of hydrogen-bond acceptors (Lipinski definition) is 4. The molecule has 1 fully saturated rings. The van der Waals surface area contributed by atoms with Crippen LogP contribution in [0.15, 0.2) is 23.1 Å². The van der Waals surface area contributed by atoms with E-state index in [4.69, 9.17) is 23.2 Å². The van der Waals surface area contributed by atoms with Gasteiger partial charge in [-0.3, -0.25) is 4.79 Å². The van der Waals surface area contributed by atoms with Crippen molar-refractivity contribution in [3.8, 4) is 0 Å². The standard InChI is InChI=1S/C14H15Cl2N3OS/c15-11-7-18-19(8-9-2-1-3-9)14(20)13(11)17-6-10-4-5-12(16)21-10/h4-5,7,9,17H,1-3,6,8H2. The Bertz CT molecular complexity index is 694. The molecule has 0 bridgehead atoms. The van der Waals surface area contributed by atoms with E-state index in [0.29, 0.717) is 29.7 Å². The molecule has 0 spiro atoms. The largest absolute Gasteiger partial charge is 0.374 e. The molecule has 2 aromatic rings. The highest BCUT2D eigenvalue weighted by atomic mass is 35.5. The number of anilines is 1. The summed E-state index contributed by atoms with van der Waals surface area (Å²) in [6, 6.07) is 3.77. The van der Waals surface area contributed by atoms with E-state index in [0.717, 1.165) is 9.21 Å². The summed E-state index contributed by atoms with van der Waals surface area (Å²) in [7, 11) is 0. The van der Waals surface area contributed by atoms with Gasteiger partial charge < -0.3 is 5.32 Å². The summed E-state index contributed by atoms with van der Waals surface area (Å²) in [5.41, 5.74) is 0.257. The molecule has 0 aliphatic heterocycles. The molecule has 0 radical (unpaired) electrons. The van der Waals surface area contributed by atoms with Crippen LogP contribution in [-0.2, 0) is 13.1 Å². The number of thiophene rings is 1. The predicted molar refractivity (Wildman–Crippen MR) is 87.5 cm³/mol. The van der Waals surface area contributed by atoms with Crippen molar-refractivity contribution in [1.29, 1.82) is 0 Å². The van der Waals surface area contributed by atoms with E-state index in [1.165, 1.54) is 41.5 Å². The van der Waals surface area contributed by atoms with E-state index in [9.17, 15) is 4.79 Å². The fourth-order valence-electron chi connectivity index (χ4n) is 2.30. The number of nitrogens with one attached hydrogen (secondary N) is 1. The van der Waals surface area contributed by atoms with E-state index in [2.05, 4.69) is 10.4 Å². The maximum Gasteiger partial charge on any atom is 0.291 e. The van der Waals surface area contributed by atoms with E-state index < -0.39 is 0 Å². The molecule has 0 amide bonds. The Morgan fingerprint density at radius 1 is 1.38 bits per heavy atom. The zero-order valence-corrected chi connectivity index (χ0v) is 13.6. The summed E-state index contributed by atoms with van der Waals surface area (Å²) in [4.78, 5) is 13.5. The van der Waals surface area contributed by atoms with Gasteiger partial charge in [-0.25, -0.2) is 4.68 Å². The molecule has 0 unspecified atom stereocenters. The van der Waals surface area contributed by atoms with Gasteiger partial charge in [0.15, 0.2) is 0 Å². The van der Waals surface area contributed by atoms with Crippen LogP contribution in [0.3, 0.4) is 0 Å². The Labute approximate surface area is 136 Å². The predicted octanol–water partition coefficient (Wildman–Crippen LogP) is 4.02. The second-order valence-corrected chi connectivity index (χ2v) is 7.42. The lowest BCUT2D eigenvalue weighted by molar-refractivity contribution is 0.262. The second kappa shape index (κ2) is 6.38. The fourth-order valence-corrected chi connectivity index (χ4v) is 3.52. The summed E-state index contributed by atoms with van der Waals surface area (Å²) < 4.78 is 2.24. The minimum atomic E-state index is -0.156. The van der Waals surface area contributed by atoms with Crippen molar-refractivity contribution >= 4 is 40.2 Å². The lowest BCUT2D eigenvalue weighted by Crippen LogP contribution is -2.30. The Hall–Kier alpha value is -1.04. The third-order valence-corrected chi connectivity index (χ3v) is 5.24. The molecule has 1 saturated carbocycles. The second-order valence-electron chi connectivity index (χ2n) is 5.21. The first-order valence-corrected chi connectivity index (χ1v) is 8.44. The lowest BCUT2D eigenvalue weighted by Gasteiger charge is -2.25. The zero-order chi connectivity index (χ0) is 14.8. The number of rotatable bonds is 5. The maximum atomic E-state index is 12.4. The van der Waals surface area contributed by atoms with Crippen molar-refractivity contribution < 1.29 is 0 Å². The van der Waals surface area contributed by atoms with E-state index >= 15 is 0 Å². The molecule has 4 nitrogen and oxygen atoms in total. The molecule has 0 saturated heterocycles. The van der Waals surface area contributed by atoms with Gasteiger partial charge in [-0.2, -0.15) is 5.10 Å². The van der Waals surface area contributed by atoms with Crippen LogP contribution in [0.25, 0.3) is 0 Å². The molecule has 3 rings (SSSR count). The smallest absolute Gasteiger partial charge is 0.291 e. The Kier molecular flexibility index (Phi) is 4.52. The van der Waals surface area contributed by atoms with Gasteiger partial charge >= 0.3 is 0 Å². The highest BCUT2D eigenvalue weighted by Crippen LogP contribution is 2.27. The van der Waals surface area contributed by atoms with Crippen molar-refractivity contribution in [2.24, 2.45) is 5.92 Å². The molecule has 0 atom stereocenters. The molecule has 0 aromatic carbocycles. The van der Waals surface area contributed by atoms with E-state index in [1.807, 2.05) is 12.1 Å². The summed E-state index contributed by atoms with van der Waals surface area (Å²) >= 11 is 13.5. The summed E-state index contributed by atoms with van der Waals surface area (Å²) in [6.07, 6.45) is 5.13. The third-order valence-electron chi connectivity index (χ3n) is 3.72. The molecule has 21 heavy (non-hydrogen) atoms. The Morgan fingerprint density at radius 3 is 2.81 bits per heavy atom. The van der Waals surface area contributed by atoms with Crippen LogP contribution in [0.1, 0.15) is 24.1 Å². The summed E-state index contributed by atoms with van der Waals surface area (Å²) in [6.45, 7) is 1.20. The van der Waals surface area contributed by atoms with Crippen LogP contribution >= 0.6 is 34.5 Å². The quantitative estimate of drug-likeness (QED) is 0.891. The van der Waals surface area contributed by atoms with Crippen molar-refractivity contribution in [3.05, 3.63) is 42.9 Å². The topological polar surface area (TPSA) is 46.9 Å². The number of aromatic nitrogens is 2. The number of hydrogen-bond donors (Lipinski definition) is 1. The SMILES string of the molecule is O=c1c(NCc2ccc(Cl)s2)c(Cl)cnn1CC1CCC1. The van der Waals surface area contributed by atoms with Gasteiger partial charge in [0.1, 0.15) is 5.69 Å². The summed E-state index contributed by atoms with van der Waals surface area (Å²) in [5, 5.41) is 7.59. The van der Waals surface area contributed by atoms with Crippen LogP contribution in [0.5, 0.6) is 0 Å². The first kappa shape index (κ1) is 14.9. The first-order valence-electron chi connectivity index (χ1n) is 6.87. The van der Waals surface area contributed by atoms with Crippen LogP contribution < -0.4 is 10.9 Å². The molecule has 1 N–H and O–H groups in total. The van der Waals surface area contributed by atoms with Crippen molar-refractivity contribution in [2.75, 3.05) is 5.32 Å². The first-order chi connectivity index (χ1) is 10.1. The third kappa shape index (κ3) is 3.42. The molecule has 7 heteroatoms. The average Bonchev–Trinajstić information content (AvgIpc) is 2.81. The van der Waals surface area contributed by atoms with Crippen LogP contribution in [0.2, 0.25) is 9.36 Å². The molecule has 112 valence electrons. The molecular formula is C14H15Cl2N3OS. The Morgan fingerprint density at radius 2 is 2.19 bits per heavy atom. The highest BCUT2D eigenvalue weighted by Gasteiger charge is 2.20. The molecular weight excluding hydrogens is 329 g/mol. The molecule has 2 aromatic heterocycles. The average molecular weight is 344 g/mol. The van der Waals surface area contributed by atoms with Crippen molar-refractivity contribution in [3.63, 3.8) is 0 Å². The normalized spacial score (nSPS) is 15.0. The number of halogens is 2. The summed E-state index contributed by atoms with van der Waals surface area (Å²) in [5.74, 6) is 0.570. The van der Waals surface area contributed by atoms with Crippen LogP contribution in [-0.4, -0.2) is 9.78 Å². The minimum Gasteiger partial charge on any atom is -0.374 e. The van der Waals surface area contributed by atoms with Gasteiger partial charge in [0, 0.05) is 18.0 Å². The van der Waals surface area contributed by atoms with Crippen LogP contribution in [0.4, 0.5) is 5.69 Å². The molecule has 1 aliphatic carbocycles. The van der Waals surface area contributed by atoms with Gasteiger partial charge in [-0.05, 0) is 30.9 Å². The van der Waals surface area contributed by atoms with Gasteiger partial charge in [0.05, 0.1) is 15.6 Å². The van der Waals surface area contributed by atoms with Gasteiger partial charge in [0.2, 0.25) is 0 Å². The molecule has 2 heterocycles. The Balaban J connectivity index is 1.76. The zero-order valence-electron chi connectivity index (χ0n) is 11.3. The lowest BCUT2D eigenvalue weighted by atomic mass is 9.85. The number of nitrogens with zero attached hydrogens (tertiary/aromatic N) is 2. The van der Waals surface area contributed by atoms with Gasteiger partial charge in [-0.1, -0.05) is 29.6 Å². The van der Waals surface area contributed by atoms with Crippen LogP contribution in [0, 0.1) is 5.92 Å². The van der Waals surface area contributed by atoms with Gasteiger partial charge in [-0.15, -0.1) is 11.3 Å². The minimum absolute atomic E-state index is 0.156. The highest BCUT2D eigenvalue weighted by molar-refractivity contribution is 7.16.